The van der Waals surface area contributed by atoms with Gasteiger partial charge in [-0.25, -0.2) is 18.1 Å². The Morgan fingerprint density at radius 3 is 2.50 bits per heavy atom. The second kappa shape index (κ2) is 10.6. The van der Waals surface area contributed by atoms with E-state index < -0.39 is 39.7 Å². The number of benzene rings is 1. The minimum absolute atomic E-state index is 0.00387. The van der Waals surface area contributed by atoms with Crippen molar-refractivity contribution in [2.24, 2.45) is 11.3 Å². The van der Waals surface area contributed by atoms with Gasteiger partial charge in [0, 0.05) is 18.3 Å². The number of rotatable bonds is 8. The minimum atomic E-state index is -4.39. The van der Waals surface area contributed by atoms with E-state index in [0.29, 0.717) is 29.8 Å². The number of aryl methyl sites for hydroxylation is 1. The van der Waals surface area contributed by atoms with Gasteiger partial charge in [0.2, 0.25) is 5.88 Å². The number of H-pyrrole nitrogens is 1. The molecule has 5 rings (SSSR count). The Bertz CT molecular complexity index is 1600. The molecule has 3 heterocycles. The third kappa shape index (κ3) is 5.46. The lowest BCUT2D eigenvalue weighted by atomic mass is 9.69. The maximum Gasteiger partial charge on any atom is 0.397 e. The van der Waals surface area contributed by atoms with Crippen molar-refractivity contribution >= 4 is 21.7 Å². The number of carbonyl (C=O) groups is 1. The van der Waals surface area contributed by atoms with Gasteiger partial charge >= 0.3 is 6.18 Å². The predicted molar refractivity (Wildman–Crippen MR) is 151 cm³/mol. The molecule has 2 aliphatic rings. The topological polar surface area (TPSA) is 117 Å². The summed E-state index contributed by atoms with van der Waals surface area (Å²) in [4.78, 5) is 20.2. The predicted octanol–water partition coefficient (Wildman–Crippen LogP) is 5.64. The number of hydrogen-bond donors (Lipinski definition) is 2. The molecule has 0 radical (unpaired) electrons. The van der Waals surface area contributed by atoms with E-state index in [-0.39, 0.29) is 40.9 Å². The van der Waals surface area contributed by atoms with E-state index in [2.05, 4.69) is 21.8 Å². The zero-order chi connectivity index (χ0) is 30.5. The lowest BCUT2D eigenvalue weighted by molar-refractivity contribution is -0.259. The second-order valence-corrected chi connectivity index (χ2v) is 13.7. The van der Waals surface area contributed by atoms with Crippen LogP contribution in [0.15, 0.2) is 47.5 Å². The maximum absolute atomic E-state index is 13.7. The van der Waals surface area contributed by atoms with Crippen LogP contribution in [0.4, 0.5) is 19.0 Å². The lowest BCUT2D eigenvalue weighted by Crippen LogP contribution is -2.48. The number of hydrogen-bond acceptors (Lipinski definition) is 7. The van der Waals surface area contributed by atoms with Gasteiger partial charge in [-0.3, -0.25) is 9.89 Å². The Kier molecular flexibility index (Phi) is 7.53. The number of carbonyl (C=O) groups excluding carboxylic acids is 1. The molecule has 13 heteroatoms. The number of amides is 1. The van der Waals surface area contributed by atoms with Gasteiger partial charge in [0.05, 0.1) is 21.7 Å². The SMILES string of the molecule is Cc1ccccc1S(=O)(=O)NC(=O)c1ccc(-c2c[nH]nc2OCC2(C(F)(F)F)CCC2)nc1N1C[C@@H](C)CC1(C)C. The van der Waals surface area contributed by atoms with Gasteiger partial charge in [0.15, 0.2) is 0 Å². The lowest BCUT2D eigenvalue weighted by Gasteiger charge is -2.42. The molecule has 1 saturated carbocycles. The van der Waals surface area contributed by atoms with E-state index in [0.717, 1.165) is 6.42 Å². The van der Waals surface area contributed by atoms with Gasteiger partial charge < -0.3 is 9.64 Å². The highest BCUT2D eigenvalue weighted by Gasteiger charge is 2.59. The number of nitrogens with one attached hydrogen (secondary N) is 2. The standard InChI is InChI=1S/C29H34F3N5O4S/c1-18-14-27(3,4)37(16-18)24-20(25(38)36-42(39,40)23-9-6-5-8-19(23)2)10-11-22(34-24)21-15-33-35-26(21)41-17-28(12-7-13-28)29(30,31)32/h5-6,8-11,15,18H,7,12-14,16-17H2,1-4H3,(H,33,35)(H,36,38)/t18-/m0/s1. The number of anilines is 1. The van der Waals surface area contributed by atoms with Gasteiger partial charge in [-0.05, 0) is 69.7 Å². The molecule has 1 atom stereocenters. The number of aromatic amines is 1. The van der Waals surface area contributed by atoms with E-state index in [9.17, 15) is 26.4 Å². The van der Waals surface area contributed by atoms with Crippen LogP contribution in [-0.4, -0.2) is 54.4 Å². The largest absolute Gasteiger partial charge is 0.475 e. The molecule has 3 aromatic rings. The number of alkyl halides is 3. The summed E-state index contributed by atoms with van der Waals surface area (Å²) < 4.78 is 75.1. The van der Waals surface area contributed by atoms with Crippen molar-refractivity contribution in [3.05, 3.63) is 53.7 Å². The molecule has 1 amide bonds. The molecule has 0 bridgehead atoms. The third-order valence-corrected chi connectivity index (χ3v) is 9.83. The summed E-state index contributed by atoms with van der Waals surface area (Å²) >= 11 is 0. The molecule has 2 N–H and O–H groups in total. The summed E-state index contributed by atoms with van der Waals surface area (Å²) in [5, 5.41) is 6.67. The monoisotopic (exact) mass is 605 g/mol. The molecule has 42 heavy (non-hydrogen) atoms. The maximum atomic E-state index is 13.7. The summed E-state index contributed by atoms with van der Waals surface area (Å²) in [5.41, 5.74) is -1.12. The fourth-order valence-corrected chi connectivity index (χ4v) is 7.14. The first-order chi connectivity index (χ1) is 19.6. The fraction of sp³-hybridized carbons (Fsp3) is 0.483. The first-order valence-corrected chi connectivity index (χ1v) is 15.3. The van der Waals surface area contributed by atoms with Gasteiger partial charge in [0.25, 0.3) is 15.9 Å². The van der Waals surface area contributed by atoms with E-state index in [1.165, 1.54) is 24.4 Å². The van der Waals surface area contributed by atoms with Gasteiger partial charge in [0.1, 0.15) is 17.8 Å². The zero-order valence-corrected chi connectivity index (χ0v) is 24.7. The van der Waals surface area contributed by atoms with Crippen LogP contribution in [0.25, 0.3) is 11.3 Å². The Morgan fingerprint density at radius 2 is 1.90 bits per heavy atom. The van der Waals surface area contributed by atoms with Crippen LogP contribution < -0.4 is 14.4 Å². The highest BCUT2D eigenvalue weighted by atomic mass is 32.2. The molecular formula is C29H34F3N5O4S. The number of aromatic nitrogens is 3. The Balaban J connectivity index is 1.50. The number of sulfonamides is 1. The molecule has 0 unspecified atom stereocenters. The molecule has 1 saturated heterocycles. The first-order valence-electron chi connectivity index (χ1n) is 13.8. The van der Waals surface area contributed by atoms with Crippen LogP contribution in [-0.2, 0) is 10.0 Å². The fourth-order valence-electron chi connectivity index (χ4n) is 5.92. The number of nitrogens with zero attached hydrogens (tertiary/aromatic N) is 3. The number of ether oxygens (including phenoxy) is 1. The van der Waals surface area contributed by atoms with Crippen molar-refractivity contribution in [3.8, 4) is 17.1 Å². The van der Waals surface area contributed by atoms with E-state index >= 15 is 0 Å². The molecular weight excluding hydrogens is 571 g/mol. The molecule has 226 valence electrons. The van der Waals surface area contributed by atoms with Crippen LogP contribution in [0.5, 0.6) is 5.88 Å². The summed E-state index contributed by atoms with van der Waals surface area (Å²) in [6.07, 6.45) is -1.64. The summed E-state index contributed by atoms with van der Waals surface area (Å²) in [6, 6.07) is 9.32. The molecule has 1 aliphatic heterocycles. The molecule has 2 aromatic heterocycles. The van der Waals surface area contributed by atoms with Crippen molar-refractivity contribution in [3.63, 3.8) is 0 Å². The number of pyridine rings is 1. The summed E-state index contributed by atoms with van der Waals surface area (Å²) in [7, 11) is -4.18. The Labute approximate surface area is 242 Å². The van der Waals surface area contributed by atoms with Crippen molar-refractivity contribution < 1.29 is 31.1 Å². The minimum Gasteiger partial charge on any atom is -0.475 e. The van der Waals surface area contributed by atoms with Gasteiger partial charge in [-0.2, -0.15) is 13.2 Å². The normalized spacial score (nSPS) is 19.8. The van der Waals surface area contributed by atoms with Gasteiger partial charge in [-0.1, -0.05) is 31.5 Å². The molecule has 9 nitrogen and oxygen atoms in total. The van der Waals surface area contributed by atoms with Crippen LogP contribution in [0.1, 0.15) is 62.4 Å². The van der Waals surface area contributed by atoms with Crippen LogP contribution >= 0.6 is 0 Å². The van der Waals surface area contributed by atoms with E-state index in [1.54, 1.807) is 25.1 Å². The van der Waals surface area contributed by atoms with Crippen LogP contribution in [0, 0.1) is 18.3 Å². The first kappa shape index (κ1) is 29.9. The average molecular weight is 606 g/mol. The zero-order valence-electron chi connectivity index (χ0n) is 23.9. The van der Waals surface area contributed by atoms with Crippen molar-refractivity contribution in [1.29, 1.82) is 0 Å². The molecule has 1 aromatic carbocycles. The quantitative estimate of drug-likeness (QED) is 0.342. The van der Waals surface area contributed by atoms with E-state index in [4.69, 9.17) is 9.72 Å². The van der Waals surface area contributed by atoms with Crippen molar-refractivity contribution in [1.82, 2.24) is 19.9 Å². The smallest absolute Gasteiger partial charge is 0.397 e. The molecule has 0 spiro atoms. The Morgan fingerprint density at radius 1 is 1.19 bits per heavy atom. The molecule has 1 aliphatic carbocycles. The van der Waals surface area contributed by atoms with Crippen molar-refractivity contribution in [2.75, 3.05) is 18.1 Å². The Hall–Kier alpha value is -3.61. The number of halogens is 3. The van der Waals surface area contributed by atoms with Gasteiger partial charge in [-0.15, -0.1) is 5.10 Å². The summed E-state index contributed by atoms with van der Waals surface area (Å²) in [5.74, 6) is -0.344. The highest BCUT2D eigenvalue weighted by molar-refractivity contribution is 7.90. The average Bonchev–Trinajstić information content (AvgIpc) is 3.44. The second-order valence-electron chi connectivity index (χ2n) is 12.0. The summed E-state index contributed by atoms with van der Waals surface area (Å²) in [6.45, 7) is 7.75. The third-order valence-electron chi connectivity index (χ3n) is 8.34. The molecule has 2 fully saturated rings. The van der Waals surface area contributed by atoms with Crippen molar-refractivity contribution in [2.45, 2.75) is 70.0 Å². The van der Waals surface area contributed by atoms with E-state index in [1.807, 2.05) is 18.7 Å². The highest BCUT2D eigenvalue weighted by Crippen LogP contribution is 2.53. The van der Waals surface area contributed by atoms with Crippen LogP contribution in [0.2, 0.25) is 0 Å². The van der Waals surface area contributed by atoms with Crippen LogP contribution in [0.3, 0.4) is 0 Å².